The Balaban J connectivity index is 1.86. The number of hydrogen-bond acceptors (Lipinski definition) is 2. The highest BCUT2D eigenvalue weighted by Gasteiger charge is 2.14. The van der Waals surface area contributed by atoms with Crippen LogP contribution in [0.3, 0.4) is 0 Å². The first-order valence-electron chi connectivity index (χ1n) is 7.34. The molecular formula is C17H24N2. The second-order valence-electron chi connectivity index (χ2n) is 5.51. The molecule has 1 aromatic carbocycles. The molecule has 0 amide bonds. The van der Waals surface area contributed by atoms with Crippen molar-refractivity contribution >= 4 is 5.69 Å². The Labute approximate surface area is 117 Å². The van der Waals surface area contributed by atoms with Gasteiger partial charge in [-0.25, -0.2) is 0 Å². The van der Waals surface area contributed by atoms with Crippen LogP contribution in [-0.4, -0.2) is 18.6 Å². The summed E-state index contributed by atoms with van der Waals surface area (Å²) in [5.74, 6) is 2.68. The molecule has 0 spiro atoms. The standard InChI is InChI=1S/C17H24N2/c1-3-15-8-7-10-17(13-15)19-14(2)12-16-9-5-4-6-11-18-16/h1,7-8,10,13-14,16,18-19H,4-6,9,11-12H2,2H3. The maximum absolute atomic E-state index is 5.43. The summed E-state index contributed by atoms with van der Waals surface area (Å²) in [6.07, 6.45) is 11.9. The van der Waals surface area contributed by atoms with Gasteiger partial charge in [0.2, 0.25) is 0 Å². The molecule has 102 valence electrons. The van der Waals surface area contributed by atoms with Gasteiger partial charge in [0.25, 0.3) is 0 Å². The Morgan fingerprint density at radius 2 is 2.32 bits per heavy atom. The van der Waals surface area contributed by atoms with Crippen molar-refractivity contribution in [1.82, 2.24) is 5.32 Å². The van der Waals surface area contributed by atoms with Gasteiger partial charge in [0.15, 0.2) is 0 Å². The fourth-order valence-corrected chi connectivity index (χ4v) is 2.77. The number of hydrogen-bond donors (Lipinski definition) is 2. The summed E-state index contributed by atoms with van der Waals surface area (Å²) >= 11 is 0. The molecule has 2 rings (SSSR count). The van der Waals surface area contributed by atoms with E-state index in [4.69, 9.17) is 6.42 Å². The quantitative estimate of drug-likeness (QED) is 0.807. The van der Waals surface area contributed by atoms with Gasteiger partial charge >= 0.3 is 0 Å². The van der Waals surface area contributed by atoms with Gasteiger partial charge in [0.1, 0.15) is 0 Å². The molecule has 1 fully saturated rings. The SMILES string of the molecule is C#Cc1cccc(NC(C)CC2CCCCCN2)c1. The van der Waals surface area contributed by atoms with Crippen LogP contribution in [0.5, 0.6) is 0 Å². The highest BCUT2D eigenvalue weighted by molar-refractivity contribution is 5.50. The molecule has 0 aromatic heterocycles. The van der Waals surface area contributed by atoms with Crippen molar-refractivity contribution < 1.29 is 0 Å². The van der Waals surface area contributed by atoms with Crippen LogP contribution in [0.4, 0.5) is 5.69 Å². The third-order valence-electron chi connectivity index (χ3n) is 3.74. The molecule has 2 atom stereocenters. The number of rotatable bonds is 4. The van der Waals surface area contributed by atoms with Crippen LogP contribution in [0, 0.1) is 12.3 Å². The smallest absolute Gasteiger partial charge is 0.0354 e. The average Bonchev–Trinajstić information content (AvgIpc) is 2.67. The molecule has 0 aliphatic carbocycles. The molecule has 1 saturated heterocycles. The van der Waals surface area contributed by atoms with Gasteiger partial charge in [-0.05, 0) is 50.9 Å². The lowest BCUT2D eigenvalue weighted by Gasteiger charge is -2.22. The Kier molecular flexibility index (Phi) is 5.30. The fraction of sp³-hybridized carbons (Fsp3) is 0.529. The van der Waals surface area contributed by atoms with E-state index in [1.165, 1.54) is 38.6 Å². The van der Waals surface area contributed by atoms with Crippen LogP contribution >= 0.6 is 0 Å². The number of anilines is 1. The number of terminal acetylenes is 1. The lowest BCUT2D eigenvalue weighted by molar-refractivity contribution is 0.456. The highest BCUT2D eigenvalue weighted by Crippen LogP contribution is 2.16. The normalized spacial score (nSPS) is 21.2. The summed E-state index contributed by atoms with van der Waals surface area (Å²) in [5.41, 5.74) is 2.06. The van der Waals surface area contributed by atoms with E-state index in [1.54, 1.807) is 0 Å². The maximum Gasteiger partial charge on any atom is 0.0354 e. The molecule has 19 heavy (non-hydrogen) atoms. The van der Waals surface area contributed by atoms with E-state index in [2.05, 4.69) is 29.5 Å². The van der Waals surface area contributed by atoms with Gasteiger partial charge in [0, 0.05) is 23.3 Å². The molecule has 2 nitrogen and oxygen atoms in total. The molecule has 1 heterocycles. The van der Waals surface area contributed by atoms with Crippen LogP contribution in [-0.2, 0) is 0 Å². The monoisotopic (exact) mass is 256 g/mol. The first-order valence-corrected chi connectivity index (χ1v) is 7.34. The molecule has 0 bridgehead atoms. The van der Waals surface area contributed by atoms with Crippen LogP contribution in [0.2, 0.25) is 0 Å². The van der Waals surface area contributed by atoms with Gasteiger partial charge in [0.05, 0.1) is 0 Å². The lowest BCUT2D eigenvalue weighted by Crippen LogP contribution is -2.33. The van der Waals surface area contributed by atoms with Crippen molar-refractivity contribution in [2.45, 2.75) is 51.1 Å². The van der Waals surface area contributed by atoms with Gasteiger partial charge in [-0.2, -0.15) is 0 Å². The minimum Gasteiger partial charge on any atom is -0.382 e. The van der Waals surface area contributed by atoms with Crippen LogP contribution in [0.25, 0.3) is 0 Å². The summed E-state index contributed by atoms with van der Waals surface area (Å²) in [4.78, 5) is 0. The molecule has 0 saturated carbocycles. The first kappa shape index (κ1) is 14.0. The summed E-state index contributed by atoms with van der Waals surface area (Å²) in [6, 6.07) is 9.20. The topological polar surface area (TPSA) is 24.1 Å². The summed E-state index contributed by atoms with van der Waals surface area (Å²) in [5, 5.41) is 7.20. The molecule has 1 aliphatic heterocycles. The fourth-order valence-electron chi connectivity index (χ4n) is 2.77. The molecule has 0 radical (unpaired) electrons. The Morgan fingerprint density at radius 3 is 3.16 bits per heavy atom. The Bertz CT molecular complexity index is 425. The third kappa shape index (κ3) is 4.61. The van der Waals surface area contributed by atoms with Crippen LogP contribution < -0.4 is 10.6 Å². The van der Waals surface area contributed by atoms with Gasteiger partial charge < -0.3 is 10.6 Å². The largest absolute Gasteiger partial charge is 0.382 e. The van der Waals surface area contributed by atoms with E-state index in [-0.39, 0.29) is 0 Å². The van der Waals surface area contributed by atoms with Gasteiger partial charge in [-0.3, -0.25) is 0 Å². The second-order valence-corrected chi connectivity index (χ2v) is 5.51. The van der Waals surface area contributed by atoms with Crippen LogP contribution in [0.1, 0.15) is 44.6 Å². The molecule has 2 unspecified atom stereocenters. The zero-order valence-electron chi connectivity index (χ0n) is 11.8. The Hall–Kier alpha value is -1.46. The molecule has 2 heteroatoms. The first-order chi connectivity index (χ1) is 9.28. The van der Waals surface area contributed by atoms with E-state index < -0.39 is 0 Å². The summed E-state index contributed by atoms with van der Waals surface area (Å²) in [6.45, 7) is 3.42. The third-order valence-corrected chi connectivity index (χ3v) is 3.74. The van der Waals surface area contributed by atoms with Crippen molar-refractivity contribution in [3.05, 3.63) is 29.8 Å². The second kappa shape index (κ2) is 7.21. The zero-order chi connectivity index (χ0) is 13.5. The highest BCUT2D eigenvalue weighted by atomic mass is 15.0. The minimum atomic E-state index is 0.462. The average molecular weight is 256 g/mol. The van der Waals surface area contributed by atoms with Crippen LogP contribution in [0.15, 0.2) is 24.3 Å². The summed E-state index contributed by atoms with van der Waals surface area (Å²) < 4.78 is 0. The Morgan fingerprint density at radius 1 is 1.42 bits per heavy atom. The maximum atomic E-state index is 5.43. The van der Waals surface area contributed by atoms with E-state index in [0.29, 0.717) is 12.1 Å². The minimum absolute atomic E-state index is 0.462. The van der Waals surface area contributed by atoms with Crippen molar-refractivity contribution in [1.29, 1.82) is 0 Å². The van der Waals surface area contributed by atoms with Crippen molar-refractivity contribution in [2.24, 2.45) is 0 Å². The summed E-state index contributed by atoms with van der Waals surface area (Å²) in [7, 11) is 0. The van der Waals surface area contributed by atoms with Crippen molar-refractivity contribution in [3.8, 4) is 12.3 Å². The molecular weight excluding hydrogens is 232 g/mol. The van der Waals surface area contributed by atoms with E-state index in [1.807, 2.05) is 18.2 Å². The number of benzene rings is 1. The number of nitrogens with one attached hydrogen (secondary N) is 2. The zero-order valence-corrected chi connectivity index (χ0v) is 11.8. The predicted octanol–water partition coefficient (Wildman–Crippen LogP) is 3.39. The van der Waals surface area contributed by atoms with Gasteiger partial charge in [-0.1, -0.05) is 24.8 Å². The van der Waals surface area contributed by atoms with Crippen molar-refractivity contribution in [2.75, 3.05) is 11.9 Å². The van der Waals surface area contributed by atoms with Crippen molar-refractivity contribution in [3.63, 3.8) is 0 Å². The molecule has 2 N–H and O–H groups in total. The lowest BCUT2D eigenvalue weighted by atomic mass is 10.0. The van der Waals surface area contributed by atoms with Gasteiger partial charge in [-0.15, -0.1) is 6.42 Å². The molecule has 1 aliphatic rings. The predicted molar refractivity (Wildman–Crippen MR) is 82.3 cm³/mol. The van der Waals surface area contributed by atoms with E-state index in [0.717, 1.165) is 11.3 Å². The molecule has 1 aromatic rings. The van der Waals surface area contributed by atoms with E-state index in [9.17, 15) is 0 Å². The van der Waals surface area contributed by atoms with E-state index >= 15 is 0 Å².